The SMILES string of the molecule is C=C(O)c1ccccc1OC=O. The van der Waals surface area contributed by atoms with Gasteiger partial charge in [0.05, 0.1) is 5.56 Å². The van der Waals surface area contributed by atoms with Crippen LogP contribution >= 0.6 is 0 Å². The monoisotopic (exact) mass is 164 g/mol. The average Bonchev–Trinajstić information content (AvgIpc) is 2.05. The summed E-state index contributed by atoms with van der Waals surface area (Å²) in [5.74, 6) is 0.187. The molecule has 1 rings (SSSR count). The number of aliphatic hydroxyl groups excluding tert-OH is 1. The second-order valence-corrected chi connectivity index (χ2v) is 2.16. The van der Waals surface area contributed by atoms with Crippen LogP contribution in [-0.2, 0) is 4.79 Å². The zero-order valence-corrected chi connectivity index (χ0v) is 6.36. The van der Waals surface area contributed by atoms with Gasteiger partial charge in [-0.3, -0.25) is 4.79 Å². The molecule has 0 aliphatic rings. The summed E-state index contributed by atoms with van der Waals surface area (Å²) in [7, 11) is 0. The largest absolute Gasteiger partial charge is 0.508 e. The number of hydrogen-bond donors (Lipinski definition) is 1. The molecule has 0 heterocycles. The van der Waals surface area contributed by atoms with Crippen molar-refractivity contribution in [3.8, 4) is 5.75 Å². The van der Waals surface area contributed by atoms with Gasteiger partial charge < -0.3 is 9.84 Å². The average molecular weight is 164 g/mol. The number of carbonyl (C=O) groups is 1. The highest BCUT2D eigenvalue weighted by Gasteiger charge is 2.03. The van der Waals surface area contributed by atoms with Crippen molar-refractivity contribution in [2.45, 2.75) is 0 Å². The molecule has 0 aromatic heterocycles. The summed E-state index contributed by atoms with van der Waals surface area (Å²) < 4.78 is 4.60. The molecule has 3 nitrogen and oxygen atoms in total. The Morgan fingerprint density at radius 1 is 1.50 bits per heavy atom. The second-order valence-electron chi connectivity index (χ2n) is 2.16. The van der Waals surface area contributed by atoms with Gasteiger partial charge in [-0.25, -0.2) is 0 Å². The van der Waals surface area contributed by atoms with Gasteiger partial charge in [-0.15, -0.1) is 0 Å². The van der Waals surface area contributed by atoms with Crippen LogP contribution in [0.2, 0.25) is 0 Å². The van der Waals surface area contributed by atoms with E-state index in [0.29, 0.717) is 17.8 Å². The quantitative estimate of drug-likeness (QED) is 0.546. The Labute approximate surface area is 69.9 Å². The standard InChI is InChI=1S/C9H8O3/c1-7(11)8-4-2-3-5-9(8)12-6-10/h2-6,11H,1H2. The Hall–Kier alpha value is -1.77. The van der Waals surface area contributed by atoms with Gasteiger partial charge in [0.1, 0.15) is 11.5 Å². The first-order chi connectivity index (χ1) is 5.75. The molecule has 12 heavy (non-hydrogen) atoms. The van der Waals surface area contributed by atoms with E-state index in [1.165, 1.54) is 0 Å². The highest BCUT2D eigenvalue weighted by Crippen LogP contribution is 2.22. The number of carbonyl (C=O) groups excluding carboxylic acids is 1. The van der Waals surface area contributed by atoms with Crippen LogP contribution in [-0.4, -0.2) is 11.6 Å². The summed E-state index contributed by atoms with van der Waals surface area (Å²) in [6, 6.07) is 6.60. The predicted molar refractivity (Wildman–Crippen MR) is 44.8 cm³/mol. The smallest absolute Gasteiger partial charge is 0.298 e. The third kappa shape index (κ3) is 1.63. The Morgan fingerprint density at radius 2 is 2.17 bits per heavy atom. The molecule has 0 fully saturated rings. The molecule has 0 saturated heterocycles. The normalized spacial score (nSPS) is 9.00. The highest BCUT2D eigenvalue weighted by atomic mass is 16.5. The van der Waals surface area contributed by atoms with E-state index in [1.54, 1.807) is 24.3 Å². The van der Waals surface area contributed by atoms with Gasteiger partial charge in [0.2, 0.25) is 0 Å². The molecule has 0 aliphatic heterocycles. The zero-order valence-electron chi connectivity index (χ0n) is 6.36. The lowest BCUT2D eigenvalue weighted by atomic mass is 10.2. The maximum absolute atomic E-state index is 10.0. The summed E-state index contributed by atoms with van der Waals surface area (Å²) in [5.41, 5.74) is 0.421. The molecule has 0 amide bonds. The minimum Gasteiger partial charge on any atom is -0.508 e. The van der Waals surface area contributed by atoms with E-state index < -0.39 is 0 Å². The Kier molecular flexibility index (Phi) is 2.48. The predicted octanol–water partition coefficient (Wildman–Crippen LogP) is 1.75. The van der Waals surface area contributed by atoms with Crippen LogP contribution in [0.25, 0.3) is 5.76 Å². The van der Waals surface area contributed by atoms with E-state index in [1.807, 2.05) is 0 Å². The van der Waals surface area contributed by atoms with Crippen molar-refractivity contribution in [2.24, 2.45) is 0 Å². The number of aliphatic hydroxyl groups is 1. The van der Waals surface area contributed by atoms with Gasteiger partial charge in [-0.2, -0.15) is 0 Å². The van der Waals surface area contributed by atoms with Gasteiger partial charge in [-0.05, 0) is 12.1 Å². The number of hydrogen-bond acceptors (Lipinski definition) is 3. The summed E-state index contributed by atoms with van der Waals surface area (Å²) in [6.07, 6.45) is 0. The van der Waals surface area contributed by atoms with Crippen LogP contribution in [0, 0.1) is 0 Å². The van der Waals surface area contributed by atoms with Gasteiger partial charge in [0.25, 0.3) is 6.47 Å². The number of benzene rings is 1. The topological polar surface area (TPSA) is 46.5 Å². The lowest BCUT2D eigenvalue weighted by molar-refractivity contribution is -0.120. The lowest BCUT2D eigenvalue weighted by Crippen LogP contribution is -1.92. The molecule has 0 atom stereocenters. The molecule has 0 saturated carbocycles. The van der Waals surface area contributed by atoms with Crippen molar-refractivity contribution in [3.63, 3.8) is 0 Å². The maximum Gasteiger partial charge on any atom is 0.298 e. The van der Waals surface area contributed by atoms with Crippen molar-refractivity contribution < 1.29 is 14.6 Å². The van der Waals surface area contributed by atoms with Crippen molar-refractivity contribution in [2.75, 3.05) is 0 Å². The molecule has 0 unspecified atom stereocenters. The zero-order chi connectivity index (χ0) is 8.97. The third-order valence-electron chi connectivity index (χ3n) is 1.37. The molecule has 0 radical (unpaired) electrons. The number of para-hydroxylation sites is 1. The molecular weight excluding hydrogens is 156 g/mol. The van der Waals surface area contributed by atoms with Crippen LogP contribution in [0.5, 0.6) is 5.75 Å². The first kappa shape index (κ1) is 8.33. The van der Waals surface area contributed by atoms with E-state index in [0.717, 1.165) is 0 Å². The number of ether oxygens (including phenoxy) is 1. The maximum atomic E-state index is 10.0. The molecule has 3 heteroatoms. The highest BCUT2D eigenvalue weighted by molar-refractivity contribution is 5.64. The van der Waals surface area contributed by atoms with Crippen molar-refractivity contribution in [3.05, 3.63) is 36.4 Å². The minimum absolute atomic E-state index is 0.118. The Morgan fingerprint density at radius 3 is 2.75 bits per heavy atom. The van der Waals surface area contributed by atoms with Crippen LogP contribution in [0.1, 0.15) is 5.56 Å². The fourth-order valence-electron chi connectivity index (χ4n) is 0.860. The van der Waals surface area contributed by atoms with Gasteiger partial charge in [0, 0.05) is 0 Å². The van der Waals surface area contributed by atoms with E-state index in [4.69, 9.17) is 5.11 Å². The van der Waals surface area contributed by atoms with Crippen LogP contribution in [0.4, 0.5) is 0 Å². The van der Waals surface area contributed by atoms with Gasteiger partial charge in [-0.1, -0.05) is 18.7 Å². The molecule has 62 valence electrons. The first-order valence-electron chi connectivity index (χ1n) is 3.33. The molecular formula is C9H8O3. The van der Waals surface area contributed by atoms with Crippen molar-refractivity contribution in [1.29, 1.82) is 0 Å². The van der Waals surface area contributed by atoms with E-state index in [9.17, 15) is 4.79 Å². The third-order valence-corrected chi connectivity index (χ3v) is 1.37. The molecule has 0 bridgehead atoms. The summed E-state index contributed by atoms with van der Waals surface area (Å²) in [4.78, 5) is 10.0. The van der Waals surface area contributed by atoms with E-state index in [2.05, 4.69) is 11.3 Å². The van der Waals surface area contributed by atoms with Crippen molar-refractivity contribution in [1.82, 2.24) is 0 Å². The molecule has 0 aliphatic carbocycles. The van der Waals surface area contributed by atoms with Gasteiger partial charge >= 0.3 is 0 Å². The molecule has 1 aromatic carbocycles. The van der Waals surface area contributed by atoms with Crippen LogP contribution in [0.15, 0.2) is 30.8 Å². The molecule has 1 N–H and O–H groups in total. The van der Waals surface area contributed by atoms with Crippen LogP contribution < -0.4 is 4.74 Å². The fourth-order valence-corrected chi connectivity index (χ4v) is 0.860. The first-order valence-corrected chi connectivity index (χ1v) is 3.33. The lowest BCUT2D eigenvalue weighted by Gasteiger charge is -2.03. The van der Waals surface area contributed by atoms with E-state index >= 15 is 0 Å². The summed E-state index contributed by atoms with van der Waals surface area (Å²) in [5, 5.41) is 9.04. The van der Waals surface area contributed by atoms with Crippen LogP contribution in [0.3, 0.4) is 0 Å². The summed E-state index contributed by atoms with van der Waals surface area (Å²) in [6.45, 7) is 3.64. The fraction of sp³-hybridized carbons (Fsp3) is 0. The minimum atomic E-state index is -0.118. The van der Waals surface area contributed by atoms with Crippen molar-refractivity contribution >= 4 is 12.2 Å². The second kappa shape index (κ2) is 3.57. The molecule has 1 aromatic rings. The van der Waals surface area contributed by atoms with Gasteiger partial charge in [0.15, 0.2) is 0 Å². The molecule has 0 spiro atoms. The Balaban J connectivity index is 3.07. The Bertz CT molecular complexity index is 304. The summed E-state index contributed by atoms with van der Waals surface area (Å²) >= 11 is 0. The number of rotatable bonds is 3. The van der Waals surface area contributed by atoms with E-state index in [-0.39, 0.29) is 5.76 Å².